The molecule has 1 amide bonds. The van der Waals surface area contributed by atoms with Crippen molar-refractivity contribution in [3.63, 3.8) is 0 Å². The third-order valence-corrected chi connectivity index (χ3v) is 5.98. The topological polar surface area (TPSA) is 78.5 Å². The Morgan fingerprint density at radius 3 is 2.42 bits per heavy atom. The summed E-state index contributed by atoms with van der Waals surface area (Å²) in [5.74, 6) is -0.299. The zero-order valence-electron chi connectivity index (χ0n) is 15.3. The lowest BCUT2D eigenvalue weighted by molar-refractivity contribution is 0.0950. The largest absolute Gasteiger partial charge is 0.350 e. The number of para-hydroxylation sites is 1. The van der Waals surface area contributed by atoms with Gasteiger partial charge in [-0.1, -0.05) is 24.3 Å². The van der Waals surface area contributed by atoms with E-state index in [2.05, 4.69) is 10.6 Å². The highest BCUT2D eigenvalue weighted by atomic mass is 32.2. The first kappa shape index (κ1) is 19.9. The van der Waals surface area contributed by atoms with E-state index in [-0.39, 0.29) is 16.8 Å². The number of likely N-dealkylation sites (N-methyl/N-ethyl adjacent to an activating group) is 1. The van der Waals surface area contributed by atoms with Crippen molar-refractivity contribution in [1.82, 2.24) is 10.6 Å². The average Bonchev–Trinajstić information content (AvgIpc) is 2.67. The minimum absolute atomic E-state index is 0.0949. The molecule has 0 saturated carbocycles. The lowest BCUT2D eigenvalue weighted by Crippen LogP contribution is -2.37. The molecule has 1 unspecified atom stereocenters. The van der Waals surface area contributed by atoms with Crippen molar-refractivity contribution in [2.75, 3.05) is 24.4 Å². The van der Waals surface area contributed by atoms with Crippen LogP contribution in [-0.2, 0) is 10.0 Å². The molecule has 0 spiro atoms. The Balaban J connectivity index is 2.29. The van der Waals surface area contributed by atoms with E-state index in [1.165, 1.54) is 16.4 Å². The molecule has 2 aromatic rings. The van der Waals surface area contributed by atoms with Crippen molar-refractivity contribution < 1.29 is 13.2 Å². The van der Waals surface area contributed by atoms with Crippen LogP contribution in [-0.4, -0.2) is 40.5 Å². The van der Waals surface area contributed by atoms with Gasteiger partial charge in [-0.15, -0.1) is 0 Å². The van der Waals surface area contributed by atoms with Gasteiger partial charge in [-0.3, -0.25) is 9.10 Å². The number of rotatable bonds is 8. The first-order valence-electron chi connectivity index (χ1n) is 8.53. The summed E-state index contributed by atoms with van der Waals surface area (Å²) < 4.78 is 27.4. The molecule has 0 aromatic heterocycles. The number of anilines is 1. The fraction of sp³-hybridized carbons (Fsp3) is 0.316. The van der Waals surface area contributed by atoms with E-state index in [0.717, 1.165) is 0 Å². The molecule has 6 nitrogen and oxygen atoms in total. The third-order valence-electron chi connectivity index (χ3n) is 4.08. The second-order valence-corrected chi connectivity index (χ2v) is 7.80. The number of carbonyl (C=O) groups is 1. The first-order chi connectivity index (χ1) is 12.4. The van der Waals surface area contributed by atoms with Crippen LogP contribution in [0.2, 0.25) is 0 Å². The molecule has 0 saturated heterocycles. The minimum atomic E-state index is -3.76. The van der Waals surface area contributed by atoms with E-state index in [1.807, 2.05) is 20.0 Å². The highest BCUT2D eigenvalue weighted by Crippen LogP contribution is 2.23. The van der Waals surface area contributed by atoms with Crippen molar-refractivity contribution in [2.45, 2.75) is 24.8 Å². The van der Waals surface area contributed by atoms with E-state index in [9.17, 15) is 13.2 Å². The molecule has 140 valence electrons. The van der Waals surface area contributed by atoms with Gasteiger partial charge in [0.15, 0.2) is 0 Å². The molecule has 0 aliphatic rings. The SMILES string of the molecule is CCN(c1ccccc1)S(=O)(=O)c1cccc(C(=O)NCC(C)NC)c1. The number of nitrogens with zero attached hydrogens (tertiary/aromatic N) is 1. The van der Waals surface area contributed by atoms with Crippen LogP contribution in [0, 0.1) is 0 Å². The van der Waals surface area contributed by atoms with Gasteiger partial charge in [0.2, 0.25) is 0 Å². The Morgan fingerprint density at radius 2 is 1.81 bits per heavy atom. The molecule has 7 heteroatoms. The van der Waals surface area contributed by atoms with Gasteiger partial charge in [0, 0.05) is 24.7 Å². The summed E-state index contributed by atoms with van der Waals surface area (Å²) in [7, 11) is -1.94. The number of sulfonamides is 1. The number of benzene rings is 2. The van der Waals surface area contributed by atoms with Crippen LogP contribution in [0.5, 0.6) is 0 Å². The van der Waals surface area contributed by atoms with Crippen molar-refractivity contribution >= 4 is 21.6 Å². The molecule has 0 heterocycles. The number of hydrogen-bond donors (Lipinski definition) is 2. The van der Waals surface area contributed by atoms with Crippen LogP contribution in [0.3, 0.4) is 0 Å². The van der Waals surface area contributed by atoms with Crippen molar-refractivity contribution in [1.29, 1.82) is 0 Å². The summed E-state index contributed by atoms with van der Waals surface area (Å²) in [6, 6.07) is 15.2. The minimum Gasteiger partial charge on any atom is -0.350 e. The van der Waals surface area contributed by atoms with Gasteiger partial charge in [0.05, 0.1) is 10.6 Å². The molecule has 2 aromatic carbocycles. The van der Waals surface area contributed by atoms with Gasteiger partial charge in [0.1, 0.15) is 0 Å². The van der Waals surface area contributed by atoms with E-state index in [1.54, 1.807) is 43.3 Å². The van der Waals surface area contributed by atoms with Crippen LogP contribution >= 0.6 is 0 Å². The van der Waals surface area contributed by atoms with Crippen LogP contribution in [0.1, 0.15) is 24.2 Å². The van der Waals surface area contributed by atoms with Crippen molar-refractivity contribution in [3.05, 3.63) is 60.2 Å². The van der Waals surface area contributed by atoms with Gasteiger partial charge < -0.3 is 10.6 Å². The maximum Gasteiger partial charge on any atom is 0.264 e. The third kappa shape index (κ3) is 4.62. The van der Waals surface area contributed by atoms with E-state index in [0.29, 0.717) is 24.3 Å². The molecule has 0 aliphatic carbocycles. The molecular weight excluding hydrogens is 350 g/mol. The molecule has 0 fully saturated rings. The van der Waals surface area contributed by atoms with Gasteiger partial charge in [-0.25, -0.2) is 8.42 Å². The molecule has 26 heavy (non-hydrogen) atoms. The second-order valence-electron chi connectivity index (χ2n) is 5.93. The molecule has 1 atom stereocenters. The number of amides is 1. The zero-order valence-corrected chi connectivity index (χ0v) is 16.1. The summed E-state index contributed by atoms with van der Waals surface area (Å²) >= 11 is 0. The van der Waals surface area contributed by atoms with E-state index >= 15 is 0 Å². The molecule has 0 bridgehead atoms. The summed E-state index contributed by atoms with van der Waals surface area (Å²) in [6.45, 7) is 4.47. The lowest BCUT2D eigenvalue weighted by atomic mass is 10.2. The van der Waals surface area contributed by atoms with Gasteiger partial charge in [-0.2, -0.15) is 0 Å². The fourth-order valence-electron chi connectivity index (χ4n) is 2.46. The molecule has 2 rings (SSSR count). The first-order valence-corrected chi connectivity index (χ1v) is 9.97. The highest BCUT2D eigenvalue weighted by Gasteiger charge is 2.24. The quantitative estimate of drug-likeness (QED) is 0.742. The lowest BCUT2D eigenvalue weighted by Gasteiger charge is -2.23. The average molecular weight is 375 g/mol. The molecular formula is C19H25N3O3S. The fourth-order valence-corrected chi connectivity index (χ4v) is 3.98. The summed E-state index contributed by atoms with van der Waals surface area (Å²) in [6.07, 6.45) is 0. The van der Waals surface area contributed by atoms with Crippen LogP contribution in [0.15, 0.2) is 59.5 Å². The monoisotopic (exact) mass is 375 g/mol. The second kappa shape index (κ2) is 8.82. The Kier molecular flexibility index (Phi) is 6.76. The molecule has 2 N–H and O–H groups in total. The van der Waals surface area contributed by atoms with Gasteiger partial charge >= 0.3 is 0 Å². The smallest absolute Gasteiger partial charge is 0.264 e. The zero-order chi connectivity index (χ0) is 19.2. The Morgan fingerprint density at radius 1 is 1.12 bits per heavy atom. The Labute approximate surface area is 155 Å². The van der Waals surface area contributed by atoms with Crippen LogP contribution < -0.4 is 14.9 Å². The van der Waals surface area contributed by atoms with Crippen molar-refractivity contribution in [2.24, 2.45) is 0 Å². The normalized spacial score (nSPS) is 12.4. The van der Waals surface area contributed by atoms with Crippen LogP contribution in [0.25, 0.3) is 0 Å². The maximum absolute atomic E-state index is 13.0. The predicted octanol–water partition coefficient (Wildman–Crippen LogP) is 2.24. The highest BCUT2D eigenvalue weighted by molar-refractivity contribution is 7.92. The number of nitrogens with one attached hydrogen (secondary N) is 2. The van der Waals surface area contributed by atoms with E-state index < -0.39 is 10.0 Å². The summed E-state index contributed by atoms with van der Waals surface area (Å²) in [5.41, 5.74) is 0.909. The maximum atomic E-state index is 13.0. The number of carbonyl (C=O) groups excluding carboxylic acids is 1. The van der Waals surface area contributed by atoms with Gasteiger partial charge in [-0.05, 0) is 51.2 Å². The Bertz CT molecular complexity index is 838. The van der Waals surface area contributed by atoms with Gasteiger partial charge in [0.25, 0.3) is 15.9 Å². The predicted molar refractivity (Wildman–Crippen MR) is 104 cm³/mol. The standard InChI is InChI=1S/C19H25N3O3S/c1-4-22(17-10-6-5-7-11-17)26(24,25)18-12-8-9-16(13-18)19(23)21-14-15(2)20-3/h5-13,15,20H,4,14H2,1-3H3,(H,21,23). The van der Waals surface area contributed by atoms with Crippen LogP contribution in [0.4, 0.5) is 5.69 Å². The molecule has 0 aliphatic heterocycles. The Hall–Kier alpha value is -2.38. The van der Waals surface area contributed by atoms with Crippen molar-refractivity contribution in [3.8, 4) is 0 Å². The molecule has 0 radical (unpaired) electrons. The number of hydrogen-bond acceptors (Lipinski definition) is 4. The summed E-state index contributed by atoms with van der Waals surface area (Å²) in [5, 5.41) is 5.82. The summed E-state index contributed by atoms with van der Waals surface area (Å²) in [4.78, 5) is 12.4. The van der Waals surface area contributed by atoms with E-state index in [4.69, 9.17) is 0 Å².